The lowest BCUT2D eigenvalue weighted by Crippen LogP contribution is -2.35. The Morgan fingerprint density at radius 1 is 0.828 bits per heavy atom. The van der Waals surface area contributed by atoms with Crippen LogP contribution in [0.15, 0.2) is 41.3 Å². The van der Waals surface area contributed by atoms with Gasteiger partial charge in [-0.25, -0.2) is 13.1 Å². The zero-order valence-electron chi connectivity index (χ0n) is 17.3. The van der Waals surface area contributed by atoms with Crippen molar-refractivity contribution in [1.82, 2.24) is 10.0 Å². The molecule has 0 fully saturated rings. The first kappa shape index (κ1) is 22.8. The normalized spacial score (nSPS) is 11.3. The lowest BCUT2D eigenvalue weighted by Gasteiger charge is -2.11. The zero-order valence-corrected chi connectivity index (χ0v) is 18.2. The van der Waals surface area contributed by atoms with Gasteiger partial charge in [-0.3, -0.25) is 9.59 Å². The number of hydrogen-bond acceptors (Lipinski definition) is 4. The van der Waals surface area contributed by atoms with Crippen LogP contribution >= 0.6 is 0 Å². The third-order valence-electron chi connectivity index (χ3n) is 4.65. The second kappa shape index (κ2) is 9.80. The molecule has 1 amide bonds. The fourth-order valence-corrected chi connectivity index (χ4v) is 4.31. The summed E-state index contributed by atoms with van der Waals surface area (Å²) in [7, 11) is -3.64. The van der Waals surface area contributed by atoms with E-state index in [2.05, 4.69) is 10.0 Å². The van der Waals surface area contributed by atoms with Crippen LogP contribution in [0.2, 0.25) is 0 Å². The minimum atomic E-state index is -3.64. The summed E-state index contributed by atoms with van der Waals surface area (Å²) in [6.07, 6.45) is 0.181. The van der Waals surface area contributed by atoms with E-state index in [0.717, 1.165) is 16.7 Å². The first-order valence-corrected chi connectivity index (χ1v) is 11.0. The van der Waals surface area contributed by atoms with Crippen LogP contribution < -0.4 is 10.0 Å². The molecule has 0 aliphatic rings. The highest BCUT2D eigenvalue weighted by molar-refractivity contribution is 7.89. The zero-order chi connectivity index (χ0) is 21.6. The van der Waals surface area contributed by atoms with E-state index < -0.39 is 10.0 Å². The molecular weight excluding hydrogens is 388 g/mol. The molecule has 7 heteroatoms. The molecule has 0 bridgehead atoms. The molecule has 0 radical (unpaired) electrons. The van der Waals surface area contributed by atoms with Gasteiger partial charge in [0.1, 0.15) is 0 Å². The number of hydrogen-bond donors (Lipinski definition) is 2. The molecule has 0 aromatic heterocycles. The lowest BCUT2D eigenvalue weighted by molar-refractivity contribution is -0.121. The lowest BCUT2D eigenvalue weighted by atomic mass is 9.99. The average molecular weight is 417 g/mol. The molecule has 0 saturated heterocycles. The molecule has 0 spiro atoms. The number of sulfonamides is 1. The number of carbonyl (C=O) groups excluding carboxylic acids is 2. The largest absolute Gasteiger partial charge is 0.355 e. The minimum Gasteiger partial charge on any atom is -0.355 e. The quantitative estimate of drug-likeness (QED) is 0.486. The summed E-state index contributed by atoms with van der Waals surface area (Å²) >= 11 is 0. The minimum absolute atomic E-state index is 0.0654. The summed E-state index contributed by atoms with van der Waals surface area (Å²) in [6.45, 7) is 7.59. The number of ketones is 1. The molecule has 156 valence electrons. The standard InChI is InChI=1S/C22H28N2O4S/c1-15-5-7-17(3)19(13-15)20(25)9-10-22(26)23-11-12-24-29(27,28)21-14-16(2)6-8-18(21)4/h5-8,13-14,24H,9-12H2,1-4H3,(H,23,26). The van der Waals surface area contributed by atoms with Gasteiger partial charge < -0.3 is 5.32 Å². The molecular formula is C22H28N2O4S. The highest BCUT2D eigenvalue weighted by Gasteiger charge is 2.16. The third kappa shape index (κ3) is 6.51. The van der Waals surface area contributed by atoms with Crippen LogP contribution in [-0.2, 0) is 14.8 Å². The van der Waals surface area contributed by atoms with E-state index in [-0.39, 0.29) is 42.5 Å². The van der Waals surface area contributed by atoms with Gasteiger partial charge in [-0.05, 0) is 56.5 Å². The fourth-order valence-electron chi connectivity index (χ4n) is 2.95. The number of amides is 1. The van der Waals surface area contributed by atoms with Crippen LogP contribution in [0.1, 0.15) is 45.5 Å². The van der Waals surface area contributed by atoms with Crippen molar-refractivity contribution in [1.29, 1.82) is 0 Å². The number of carbonyl (C=O) groups is 2. The molecule has 2 aromatic rings. The maximum absolute atomic E-state index is 12.4. The van der Waals surface area contributed by atoms with Crippen molar-refractivity contribution >= 4 is 21.7 Å². The highest BCUT2D eigenvalue weighted by Crippen LogP contribution is 2.16. The third-order valence-corrected chi connectivity index (χ3v) is 6.25. The van der Waals surface area contributed by atoms with Gasteiger partial charge in [-0.15, -0.1) is 0 Å². The van der Waals surface area contributed by atoms with Crippen LogP contribution in [0.3, 0.4) is 0 Å². The Hall–Kier alpha value is -2.51. The van der Waals surface area contributed by atoms with Gasteiger partial charge in [0, 0.05) is 31.5 Å². The van der Waals surface area contributed by atoms with Crippen LogP contribution in [-0.4, -0.2) is 33.2 Å². The van der Waals surface area contributed by atoms with E-state index in [0.29, 0.717) is 11.1 Å². The van der Waals surface area contributed by atoms with Crippen molar-refractivity contribution in [2.75, 3.05) is 13.1 Å². The average Bonchev–Trinajstić information content (AvgIpc) is 2.67. The fraction of sp³-hybridized carbons (Fsp3) is 0.364. The summed E-state index contributed by atoms with van der Waals surface area (Å²) < 4.78 is 27.3. The number of benzene rings is 2. The molecule has 0 heterocycles. The molecule has 0 aliphatic heterocycles. The monoisotopic (exact) mass is 416 g/mol. The molecule has 2 N–H and O–H groups in total. The Morgan fingerprint density at radius 3 is 2.14 bits per heavy atom. The van der Waals surface area contributed by atoms with E-state index in [9.17, 15) is 18.0 Å². The van der Waals surface area contributed by atoms with Crippen LogP contribution in [0.4, 0.5) is 0 Å². The van der Waals surface area contributed by atoms with Crippen molar-refractivity contribution < 1.29 is 18.0 Å². The summed E-state index contributed by atoms with van der Waals surface area (Å²) in [6, 6.07) is 10.9. The Bertz CT molecular complexity index is 1010. The molecule has 2 aromatic carbocycles. The summed E-state index contributed by atoms with van der Waals surface area (Å²) in [4.78, 5) is 24.6. The van der Waals surface area contributed by atoms with Gasteiger partial charge in [0.05, 0.1) is 4.90 Å². The van der Waals surface area contributed by atoms with E-state index in [1.807, 2.05) is 45.0 Å². The second-order valence-corrected chi connectivity index (χ2v) is 8.99. The van der Waals surface area contributed by atoms with Gasteiger partial charge in [0.15, 0.2) is 5.78 Å². The highest BCUT2D eigenvalue weighted by atomic mass is 32.2. The first-order chi connectivity index (χ1) is 13.6. The predicted octanol–water partition coefficient (Wildman–Crippen LogP) is 2.98. The van der Waals surface area contributed by atoms with Gasteiger partial charge >= 0.3 is 0 Å². The van der Waals surface area contributed by atoms with E-state index in [4.69, 9.17) is 0 Å². The molecule has 0 unspecified atom stereocenters. The molecule has 0 aliphatic carbocycles. The van der Waals surface area contributed by atoms with Crippen molar-refractivity contribution in [3.63, 3.8) is 0 Å². The Labute approximate surface area is 172 Å². The van der Waals surface area contributed by atoms with Crippen molar-refractivity contribution in [3.05, 3.63) is 64.2 Å². The Balaban J connectivity index is 1.79. The van der Waals surface area contributed by atoms with Gasteiger partial charge in [-0.2, -0.15) is 0 Å². The SMILES string of the molecule is Cc1ccc(C)c(C(=O)CCC(=O)NCCNS(=O)(=O)c2cc(C)ccc2C)c1. The van der Waals surface area contributed by atoms with Crippen molar-refractivity contribution in [3.8, 4) is 0 Å². The second-order valence-electron chi connectivity index (χ2n) is 7.26. The molecule has 6 nitrogen and oxygen atoms in total. The molecule has 29 heavy (non-hydrogen) atoms. The Morgan fingerprint density at radius 2 is 1.45 bits per heavy atom. The van der Waals surface area contributed by atoms with Crippen molar-refractivity contribution in [2.45, 2.75) is 45.4 Å². The smallest absolute Gasteiger partial charge is 0.240 e. The number of nitrogens with one attached hydrogen (secondary N) is 2. The summed E-state index contributed by atoms with van der Waals surface area (Å²) in [5, 5.41) is 2.65. The van der Waals surface area contributed by atoms with Crippen LogP contribution in [0.5, 0.6) is 0 Å². The van der Waals surface area contributed by atoms with Crippen LogP contribution in [0, 0.1) is 27.7 Å². The molecule has 0 saturated carbocycles. The topological polar surface area (TPSA) is 92.3 Å². The number of rotatable bonds is 9. The van der Waals surface area contributed by atoms with E-state index in [1.165, 1.54) is 0 Å². The van der Waals surface area contributed by atoms with Crippen LogP contribution in [0.25, 0.3) is 0 Å². The molecule has 2 rings (SSSR count). The van der Waals surface area contributed by atoms with Gasteiger partial charge in [-0.1, -0.05) is 29.8 Å². The first-order valence-electron chi connectivity index (χ1n) is 9.54. The molecule has 0 atom stereocenters. The van der Waals surface area contributed by atoms with Gasteiger partial charge in [0.25, 0.3) is 0 Å². The van der Waals surface area contributed by atoms with Crippen molar-refractivity contribution in [2.24, 2.45) is 0 Å². The maximum Gasteiger partial charge on any atom is 0.240 e. The number of aryl methyl sites for hydroxylation is 4. The summed E-state index contributed by atoms with van der Waals surface area (Å²) in [5.41, 5.74) is 4.05. The predicted molar refractivity (Wildman–Crippen MR) is 114 cm³/mol. The van der Waals surface area contributed by atoms with Gasteiger partial charge in [0.2, 0.25) is 15.9 Å². The van der Waals surface area contributed by atoms with E-state index >= 15 is 0 Å². The number of Topliss-reactive ketones (excluding diaryl/α,β-unsaturated/α-hetero) is 1. The maximum atomic E-state index is 12.4. The summed E-state index contributed by atoms with van der Waals surface area (Å²) in [5.74, 6) is -0.355. The van der Waals surface area contributed by atoms with E-state index in [1.54, 1.807) is 19.1 Å². The Kier molecular flexibility index (Phi) is 7.70.